The van der Waals surface area contributed by atoms with Crippen molar-refractivity contribution in [3.05, 3.63) is 71.1 Å². The maximum atomic E-state index is 12.2. The molecular formula is C20H20N2O3S. The number of hydrogen-bond donors (Lipinski definition) is 0. The Kier molecular flexibility index (Phi) is 6.07. The topological polar surface area (TPSA) is 65.2 Å². The van der Waals surface area contributed by atoms with Gasteiger partial charge in [-0.2, -0.15) is 0 Å². The Labute approximate surface area is 156 Å². The molecule has 0 bridgehead atoms. The zero-order valence-electron chi connectivity index (χ0n) is 14.8. The smallest absolute Gasteiger partial charge is 0.277 e. The molecule has 0 aliphatic carbocycles. The number of hydrogen-bond acceptors (Lipinski definition) is 6. The van der Waals surface area contributed by atoms with E-state index in [4.69, 9.17) is 9.15 Å². The van der Waals surface area contributed by atoms with Crippen LogP contribution >= 0.6 is 11.8 Å². The predicted molar refractivity (Wildman–Crippen MR) is 101 cm³/mol. The molecule has 0 N–H and O–H groups in total. The minimum atomic E-state index is 0.0356. The lowest BCUT2D eigenvalue weighted by atomic mass is 10.1. The summed E-state index contributed by atoms with van der Waals surface area (Å²) in [6.07, 6.45) is 0.957. The van der Waals surface area contributed by atoms with Crippen LogP contribution in [0.15, 0.2) is 58.2 Å². The summed E-state index contributed by atoms with van der Waals surface area (Å²) in [5.74, 6) is 1.43. The number of aryl methyl sites for hydroxylation is 2. The van der Waals surface area contributed by atoms with E-state index in [1.165, 1.54) is 17.3 Å². The van der Waals surface area contributed by atoms with E-state index in [9.17, 15) is 4.79 Å². The molecule has 3 rings (SSSR count). The number of thioether (sulfide) groups is 1. The number of Topliss-reactive ketones (excluding diaryl/α,β-unsaturated/α-hetero) is 1. The van der Waals surface area contributed by atoms with Crippen molar-refractivity contribution in [2.45, 2.75) is 32.1 Å². The maximum absolute atomic E-state index is 12.2. The quantitative estimate of drug-likeness (QED) is 0.431. The van der Waals surface area contributed by atoms with Gasteiger partial charge in [-0.15, -0.1) is 10.2 Å². The molecule has 0 aliphatic rings. The molecule has 26 heavy (non-hydrogen) atoms. The first kappa shape index (κ1) is 18.2. The molecule has 0 radical (unpaired) electrons. The molecule has 0 aliphatic heterocycles. The van der Waals surface area contributed by atoms with Crippen LogP contribution in [0.5, 0.6) is 5.75 Å². The Morgan fingerprint density at radius 1 is 1.15 bits per heavy atom. The van der Waals surface area contributed by atoms with Crippen molar-refractivity contribution in [2.24, 2.45) is 0 Å². The van der Waals surface area contributed by atoms with Crippen molar-refractivity contribution < 1.29 is 13.9 Å². The van der Waals surface area contributed by atoms with Crippen molar-refractivity contribution in [1.82, 2.24) is 10.2 Å². The van der Waals surface area contributed by atoms with Crippen LogP contribution < -0.4 is 4.74 Å². The van der Waals surface area contributed by atoms with Gasteiger partial charge in [0.1, 0.15) is 5.75 Å². The summed E-state index contributed by atoms with van der Waals surface area (Å²) in [6, 6.07) is 15.4. The predicted octanol–water partition coefficient (Wildman–Crippen LogP) is 4.49. The van der Waals surface area contributed by atoms with Gasteiger partial charge in [0.15, 0.2) is 12.4 Å². The molecule has 0 saturated carbocycles. The summed E-state index contributed by atoms with van der Waals surface area (Å²) in [7, 11) is 0. The zero-order chi connectivity index (χ0) is 18.4. The molecule has 0 saturated heterocycles. The van der Waals surface area contributed by atoms with Crippen LogP contribution in [0, 0.1) is 6.92 Å². The van der Waals surface area contributed by atoms with Gasteiger partial charge in [0, 0.05) is 5.56 Å². The highest BCUT2D eigenvalue weighted by atomic mass is 32.2. The Bertz CT molecular complexity index is 875. The lowest BCUT2D eigenvalue weighted by molar-refractivity contribution is 0.102. The van der Waals surface area contributed by atoms with Crippen molar-refractivity contribution in [2.75, 3.05) is 5.75 Å². The van der Waals surface area contributed by atoms with Crippen LogP contribution in [0.1, 0.15) is 34.3 Å². The van der Waals surface area contributed by atoms with Crippen molar-refractivity contribution in [3.8, 4) is 5.75 Å². The van der Waals surface area contributed by atoms with Crippen LogP contribution in [-0.2, 0) is 13.0 Å². The van der Waals surface area contributed by atoms with Crippen molar-refractivity contribution in [3.63, 3.8) is 0 Å². The third-order valence-corrected chi connectivity index (χ3v) is 4.63. The van der Waals surface area contributed by atoms with E-state index in [0.717, 1.165) is 17.7 Å². The highest BCUT2D eigenvalue weighted by molar-refractivity contribution is 7.99. The van der Waals surface area contributed by atoms with Gasteiger partial charge in [-0.05, 0) is 36.6 Å². The van der Waals surface area contributed by atoms with Gasteiger partial charge in [-0.3, -0.25) is 4.79 Å². The summed E-state index contributed by atoms with van der Waals surface area (Å²) in [4.78, 5) is 12.2. The monoisotopic (exact) mass is 368 g/mol. The Hall–Kier alpha value is -2.60. The minimum absolute atomic E-state index is 0.0356. The van der Waals surface area contributed by atoms with Crippen molar-refractivity contribution in [1.29, 1.82) is 0 Å². The molecule has 1 aromatic heterocycles. The number of nitrogens with zero attached hydrogens (tertiary/aromatic N) is 2. The average molecular weight is 368 g/mol. The van der Waals surface area contributed by atoms with Crippen LogP contribution in [0.25, 0.3) is 0 Å². The van der Waals surface area contributed by atoms with E-state index in [2.05, 4.69) is 17.1 Å². The molecule has 0 atom stereocenters. The fraction of sp³-hybridized carbons (Fsp3) is 0.250. The number of aromatic nitrogens is 2. The first-order valence-corrected chi connectivity index (χ1v) is 9.39. The first-order chi connectivity index (χ1) is 12.6. The van der Waals surface area contributed by atoms with Crippen LogP contribution in [0.4, 0.5) is 0 Å². The number of benzene rings is 2. The summed E-state index contributed by atoms with van der Waals surface area (Å²) in [6.45, 7) is 4.28. The average Bonchev–Trinajstić information content (AvgIpc) is 3.12. The molecule has 0 spiro atoms. The van der Waals surface area contributed by atoms with E-state index in [1.54, 1.807) is 0 Å². The van der Waals surface area contributed by atoms with Gasteiger partial charge in [0.25, 0.3) is 11.1 Å². The number of rotatable bonds is 8. The Balaban J connectivity index is 1.50. The third-order valence-electron chi connectivity index (χ3n) is 3.81. The lowest BCUT2D eigenvalue weighted by Gasteiger charge is -2.03. The van der Waals surface area contributed by atoms with Crippen LogP contribution in [0.3, 0.4) is 0 Å². The normalized spacial score (nSPS) is 10.7. The molecule has 0 amide bonds. The van der Waals surface area contributed by atoms with Crippen molar-refractivity contribution >= 4 is 17.5 Å². The van der Waals surface area contributed by atoms with Gasteiger partial charge < -0.3 is 9.15 Å². The summed E-state index contributed by atoms with van der Waals surface area (Å²) < 4.78 is 11.2. The SMILES string of the molecule is CCc1ccc(C(=O)CSc2nnc(COc3cccc(C)c3)o2)cc1. The second-order valence-electron chi connectivity index (χ2n) is 5.83. The number of carbonyl (C=O) groups excluding carboxylic acids is 1. The largest absolute Gasteiger partial charge is 0.484 e. The fourth-order valence-electron chi connectivity index (χ4n) is 2.34. The molecular weight excluding hydrogens is 348 g/mol. The van der Waals surface area contributed by atoms with E-state index in [-0.39, 0.29) is 18.1 Å². The maximum Gasteiger partial charge on any atom is 0.277 e. The third kappa shape index (κ3) is 4.95. The summed E-state index contributed by atoms with van der Waals surface area (Å²) in [5.41, 5.74) is 3.02. The summed E-state index contributed by atoms with van der Waals surface area (Å²) >= 11 is 1.23. The van der Waals surface area contributed by atoms with E-state index >= 15 is 0 Å². The fourth-order valence-corrected chi connectivity index (χ4v) is 3.02. The van der Waals surface area contributed by atoms with Crippen LogP contribution in [-0.4, -0.2) is 21.7 Å². The number of ketones is 1. The second-order valence-corrected chi connectivity index (χ2v) is 6.76. The first-order valence-electron chi connectivity index (χ1n) is 8.41. The van der Waals surface area contributed by atoms with E-state index in [1.807, 2.05) is 55.5 Å². The zero-order valence-corrected chi connectivity index (χ0v) is 15.6. The standard InChI is InChI=1S/C20H20N2O3S/c1-3-15-7-9-16(10-8-15)18(23)13-26-20-22-21-19(25-20)12-24-17-6-4-5-14(2)11-17/h4-11H,3,12-13H2,1-2H3. The molecule has 5 nitrogen and oxygen atoms in total. The van der Waals surface area contributed by atoms with E-state index in [0.29, 0.717) is 16.7 Å². The second kappa shape index (κ2) is 8.67. The van der Waals surface area contributed by atoms with Gasteiger partial charge in [0.05, 0.1) is 5.75 Å². The van der Waals surface area contributed by atoms with Gasteiger partial charge >= 0.3 is 0 Å². The molecule has 6 heteroatoms. The molecule has 0 unspecified atom stereocenters. The van der Waals surface area contributed by atoms with Crippen LogP contribution in [0.2, 0.25) is 0 Å². The lowest BCUT2D eigenvalue weighted by Crippen LogP contribution is -2.02. The Morgan fingerprint density at radius 2 is 1.96 bits per heavy atom. The summed E-state index contributed by atoms with van der Waals surface area (Å²) in [5, 5.41) is 8.27. The Morgan fingerprint density at radius 3 is 2.69 bits per heavy atom. The minimum Gasteiger partial charge on any atom is -0.484 e. The molecule has 3 aromatic rings. The highest BCUT2D eigenvalue weighted by Crippen LogP contribution is 2.19. The molecule has 1 heterocycles. The number of ether oxygens (including phenoxy) is 1. The van der Waals surface area contributed by atoms with Gasteiger partial charge in [-0.25, -0.2) is 0 Å². The highest BCUT2D eigenvalue weighted by Gasteiger charge is 2.12. The molecule has 2 aromatic carbocycles. The molecule has 134 valence electrons. The van der Waals surface area contributed by atoms with Gasteiger partial charge in [0.2, 0.25) is 0 Å². The number of carbonyl (C=O) groups is 1. The van der Waals surface area contributed by atoms with E-state index < -0.39 is 0 Å². The molecule has 0 fully saturated rings. The van der Waals surface area contributed by atoms with Gasteiger partial charge in [-0.1, -0.05) is 55.1 Å².